The number of nitrogens with one attached hydrogen (secondary N) is 1. The number of carbonyl (C=O) groups is 1. The maximum atomic E-state index is 12.5. The number of ether oxygens (including phenoxy) is 2. The van der Waals surface area contributed by atoms with Crippen LogP contribution in [0.2, 0.25) is 5.02 Å². The highest BCUT2D eigenvalue weighted by atomic mass is 35.5. The highest BCUT2D eigenvalue weighted by Crippen LogP contribution is 2.35. The Labute approximate surface area is 150 Å². The number of methoxy groups -OCH3 is 2. The summed E-state index contributed by atoms with van der Waals surface area (Å²) in [6, 6.07) is 5.83. The van der Waals surface area contributed by atoms with E-state index in [1.807, 2.05) is 6.92 Å². The summed E-state index contributed by atoms with van der Waals surface area (Å²) in [5, 5.41) is 7.18. The van der Waals surface area contributed by atoms with Gasteiger partial charge in [0.2, 0.25) is 0 Å². The molecule has 1 N–H and O–H groups in total. The first-order valence-electron chi connectivity index (χ1n) is 7.81. The number of unbranched alkanes of at least 4 members (excludes halogenated alkanes) is 1. The molecule has 0 saturated heterocycles. The fraction of sp³-hybridized carbons (Fsp3) is 0.353. The van der Waals surface area contributed by atoms with E-state index >= 15 is 0 Å². The molecule has 134 valence electrons. The fourth-order valence-corrected chi connectivity index (χ4v) is 2.41. The summed E-state index contributed by atoms with van der Waals surface area (Å²) in [6.45, 7) is 2.48. The molecular weight excluding hydrogens is 346 g/mol. The lowest BCUT2D eigenvalue weighted by atomic mass is 10.2. The Balaban J connectivity index is 2.29. The van der Waals surface area contributed by atoms with Gasteiger partial charge >= 0.3 is 0 Å². The molecule has 2 rings (SSSR count). The summed E-state index contributed by atoms with van der Waals surface area (Å²) in [7, 11) is 2.95. The van der Waals surface area contributed by atoms with Gasteiger partial charge in [-0.1, -0.05) is 24.9 Å². The summed E-state index contributed by atoms with van der Waals surface area (Å²) >= 11 is 6.05. The normalized spacial score (nSPS) is 10.4. The van der Waals surface area contributed by atoms with Crippen LogP contribution in [0.3, 0.4) is 0 Å². The molecule has 0 fully saturated rings. The molecule has 0 aliphatic heterocycles. The minimum absolute atomic E-state index is 0.131. The van der Waals surface area contributed by atoms with Crippen molar-refractivity contribution in [2.24, 2.45) is 0 Å². The Morgan fingerprint density at radius 2 is 1.96 bits per heavy atom. The van der Waals surface area contributed by atoms with Gasteiger partial charge in [0.1, 0.15) is 17.2 Å². The van der Waals surface area contributed by atoms with E-state index in [1.165, 1.54) is 31.0 Å². The van der Waals surface area contributed by atoms with Gasteiger partial charge in [-0.3, -0.25) is 9.59 Å². The van der Waals surface area contributed by atoms with Gasteiger partial charge < -0.3 is 14.8 Å². The number of nitrogens with zero attached hydrogens (tertiary/aromatic N) is 2. The Morgan fingerprint density at radius 3 is 2.60 bits per heavy atom. The number of amides is 1. The number of benzene rings is 1. The molecule has 0 spiro atoms. The number of hydrogen-bond donors (Lipinski definition) is 1. The molecule has 0 unspecified atom stereocenters. The highest BCUT2D eigenvalue weighted by Gasteiger charge is 2.15. The van der Waals surface area contributed by atoms with Crippen molar-refractivity contribution >= 4 is 23.2 Å². The van der Waals surface area contributed by atoms with E-state index in [4.69, 9.17) is 21.1 Å². The number of rotatable bonds is 7. The van der Waals surface area contributed by atoms with Crippen molar-refractivity contribution in [2.45, 2.75) is 26.3 Å². The molecular formula is C17H20ClN3O4. The largest absolute Gasteiger partial charge is 0.495 e. The van der Waals surface area contributed by atoms with Crippen molar-refractivity contribution in [3.05, 3.63) is 45.3 Å². The number of aryl methyl sites for hydroxylation is 1. The maximum absolute atomic E-state index is 12.5. The molecule has 2 aromatic rings. The van der Waals surface area contributed by atoms with Crippen LogP contribution in [0.15, 0.2) is 29.1 Å². The lowest BCUT2D eigenvalue weighted by molar-refractivity contribution is 0.101. The summed E-state index contributed by atoms with van der Waals surface area (Å²) in [5.74, 6) is 0.324. The van der Waals surface area contributed by atoms with Crippen molar-refractivity contribution < 1.29 is 14.3 Å². The standard InChI is InChI=1S/C17H20ClN3O4/c1-4-5-8-21-16(22)7-6-12(20-21)17(23)19-13-10-14(24-2)11(18)9-15(13)25-3/h6-7,9-10H,4-5,8H2,1-3H3,(H,19,23). The quantitative estimate of drug-likeness (QED) is 0.815. The van der Waals surface area contributed by atoms with Gasteiger partial charge in [-0.25, -0.2) is 4.68 Å². The lowest BCUT2D eigenvalue weighted by Gasteiger charge is -2.13. The predicted molar refractivity (Wildman–Crippen MR) is 95.9 cm³/mol. The monoisotopic (exact) mass is 365 g/mol. The third-order valence-corrected chi connectivity index (χ3v) is 3.84. The van der Waals surface area contributed by atoms with Gasteiger partial charge in [0.15, 0.2) is 0 Å². The van der Waals surface area contributed by atoms with E-state index in [1.54, 1.807) is 12.1 Å². The van der Waals surface area contributed by atoms with Gasteiger partial charge in [-0.05, 0) is 12.5 Å². The first-order valence-corrected chi connectivity index (χ1v) is 8.19. The van der Waals surface area contributed by atoms with E-state index in [-0.39, 0.29) is 11.3 Å². The molecule has 25 heavy (non-hydrogen) atoms. The molecule has 1 aromatic carbocycles. The summed E-state index contributed by atoms with van der Waals surface area (Å²) in [6.07, 6.45) is 1.73. The molecule has 8 heteroatoms. The fourth-order valence-electron chi connectivity index (χ4n) is 2.18. The summed E-state index contributed by atoms with van der Waals surface area (Å²) in [4.78, 5) is 24.3. The van der Waals surface area contributed by atoms with E-state index in [9.17, 15) is 9.59 Å². The molecule has 0 saturated carbocycles. The van der Waals surface area contributed by atoms with Crippen molar-refractivity contribution in [1.29, 1.82) is 0 Å². The van der Waals surface area contributed by atoms with Crippen molar-refractivity contribution in [3.63, 3.8) is 0 Å². The van der Waals surface area contributed by atoms with Crippen LogP contribution in [0.5, 0.6) is 11.5 Å². The second kappa shape index (κ2) is 8.53. The number of halogens is 1. The average molecular weight is 366 g/mol. The highest BCUT2D eigenvalue weighted by molar-refractivity contribution is 6.32. The van der Waals surface area contributed by atoms with Crippen LogP contribution in [0.1, 0.15) is 30.3 Å². The molecule has 0 atom stereocenters. The van der Waals surface area contributed by atoms with E-state index in [0.29, 0.717) is 28.8 Å². The van der Waals surface area contributed by atoms with Gasteiger partial charge in [0, 0.05) is 24.7 Å². The predicted octanol–water partition coefficient (Wildman–Crippen LogP) is 2.97. The number of anilines is 1. The van der Waals surface area contributed by atoms with Gasteiger partial charge in [-0.15, -0.1) is 0 Å². The zero-order valence-corrected chi connectivity index (χ0v) is 15.1. The lowest BCUT2D eigenvalue weighted by Crippen LogP contribution is -2.26. The van der Waals surface area contributed by atoms with Gasteiger partial charge in [0.05, 0.1) is 24.9 Å². The second-order valence-corrected chi connectivity index (χ2v) is 5.68. The minimum atomic E-state index is -0.465. The molecule has 0 bridgehead atoms. The average Bonchev–Trinajstić information content (AvgIpc) is 2.61. The first-order chi connectivity index (χ1) is 12.0. The Morgan fingerprint density at radius 1 is 1.24 bits per heavy atom. The molecule has 1 amide bonds. The van der Waals surface area contributed by atoms with Crippen LogP contribution in [-0.2, 0) is 6.54 Å². The molecule has 1 aromatic heterocycles. The van der Waals surface area contributed by atoms with Gasteiger partial charge in [0.25, 0.3) is 11.5 Å². The molecule has 1 heterocycles. The molecule has 0 radical (unpaired) electrons. The molecule has 7 nitrogen and oxygen atoms in total. The Kier molecular flexibility index (Phi) is 6.41. The van der Waals surface area contributed by atoms with Crippen LogP contribution >= 0.6 is 11.6 Å². The topological polar surface area (TPSA) is 82.5 Å². The number of hydrogen-bond acceptors (Lipinski definition) is 5. The van der Waals surface area contributed by atoms with E-state index in [2.05, 4.69) is 10.4 Å². The van der Waals surface area contributed by atoms with Crippen LogP contribution < -0.4 is 20.3 Å². The molecule has 0 aliphatic carbocycles. The third-order valence-electron chi connectivity index (χ3n) is 3.54. The van der Waals surface area contributed by atoms with Crippen LogP contribution in [-0.4, -0.2) is 29.9 Å². The molecule has 0 aliphatic rings. The van der Waals surface area contributed by atoms with Crippen molar-refractivity contribution in [2.75, 3.05) is 19.5 Å². The van der Waals surface area contributed by atoms with E-state index < -0.39 is 5.91 Å². The number of carbonyl (C=O) groups excluding carboxylic acids is 1. The van der Waals surface area contributed by atoms with E-state index in [0.717, 1.165) is 12.8 Å². The zero-order valence-electron chi connectivity index (χ0n) is 14.3. The Bertz CT molecular complexity index is 820. The van der Waals surface area contributed by atoms with Crippen molar-refractivity contribution in [1.82, 2.24) is 9.78 Å². The minimum Gasteiger partial charge on any atom is -0.495 e. The maximum Gasteiger partial charge on any atom is 0.276 e. The smallest absolute Gasteiger partial charge is 0.276 e. The van der Waals surface area contributed by atoms with Gasteiger partial charge in [-0.2, -0.15) is 5.10 Å². The van der Waals surface area contributed by atoms with Crippen LogP contribution in [0, 0.1) is 0 Å². The Hall–Kier alpha value is -2.54. The second-order valence-electron chi connectivity index (χ2n) is 5.27. The van der Waals surface area contributed by atoms with Crippen LogP contribution in [0.25, 0.3) is 0 Å². The first kappa shape index (κ1) is 18.8. The third kappa shape index (κ3) is 4.51. The van der Waals surface area contributed by atoms with Crippen molar-refractivity contribution in [3.8, 4) is 11.5 Å². The summed E-state index contributed by atoms with van der Waals surface area (Å²) in [5.41, 5.74) is 0.282. The SMILES string of the molecule is CCCCn1nc(C(=O)Nc2cc(OC)c(Cl)cc2OC)ccc1=O. The number of aromatic nitrogens is 2. The zero-order chi connectivity index (χ0) is 18.4. The van der Waals surface area contributed by atoms with Crippen LogP contribution in [0.4, 0.5) is 5.69 Å². The summed E-state index contributed by atoms with van der Waals surface area (Å²) < 4.78 is 11.7.